The Bertz CT molecular complexity index is 527. The highest BCUT2D eigenvalue weighted by atomic mass is 127. The van der Waals surface area contributed by atoms with E-state index in [0.717, 1.165) is 6.07 Å². The van der Waals surface area contributed by atoms with Crippen LogP contribution in [0.5, 0.6) is 5.88 Å². The predicted molar refractivity (Wildman–Crippen MR) is 59.6 cm³/mol. The molecule has 18 heavy (non-hydrogen) atoms. The van der Waals surface area contributed by atoms with Crippen molar-refractivity contribution in [3.8, 4) is 11.9 Å². The Morgan fingerprint density at radius 2 is 2.22 bits per heavy atom. The summed E-state index contributed by atoms with van der Waals surface area (Å²) in [5.41, 5.74) is -0.162. The van der Waals surface area contributed by atoms with Crippen molar-refractivity contribution in [2.24, 2.45) is 0 Å². The van der Waals surface area contributed by atoms with E-state index >= 15 is 0 Å². The standard InChI is InChI=1S/C8H3F3IN3O3/c9-8(10,11)18-7-4(1-2-13)3-5(12)6(14-7)15(16)17/h3H,1H2. The van der Waals surface area contributed by atoms with Gasteiger partial charge in [-0.25, -0.2) is 0 Å². The van der Waals surface area contributed by atoms with Crippen LogP contribution in [-0.2, 0) is 6.42 Å². The lowest BCUT2D eigenvalue weighted by Crippen LogP contribution is -2.19. The van der Waals surface area contributed by atoms with Gasteiger partial charge in [0.15, 0.2) is 0 Å². The Kier molecular flexibility index (Phi) is 4.28. The lowest BCUT2D eigenvalue weighted by molar-refractivity contribution is -0.391. The monoisotopic (exact) mass is 373 g/mol. The molecular formula is C8H3F3IN3O3. The summed E-state index contributed by atoms with van der Waals surface area (Å²) < 4.78 is 39.8. The van der Waals surface area contributed by atoms with Crippen LogP contribution in [0.25, 0.3) is 0 Å². The first-order valence-electron chi connectivity index (χ1n) is 4.21. The third-order valence-electron chi connectivity index (χ3n) is 1.65. The Labute approximate surface area is 112 Å². The van der Waals surface area contributed by atoms with Gasteiger partial charge in [0.1, 0.15) is 3.57 Å². The van der Waals surface area contributed by atoms with Gasteiger partial charge in [0.2, 0.25) is 0 Å². The summed E-state index contributed by atoms with van der Waals surface area (Å²) in [6.45, 7) is 0. The molecule has 1 aromatic rings. The van der Waals surface area contributed by atoms with Crippen molar-refractivity contribution in [2.45, 2.75) is 12.8 Å². The highest BCUT2D eigenvalue weighted by Crippen LogP contribution is 2.30. The second kappa shape index (κ2) is 5.34. The van der Waals surface area contributed by atoms with Crippen LogP contribution in [0.2, 0.25) is 0 Å². The molecule has 1 aromatic heterocycles. The van der Waals surface area contributed by atoms with E-state index in [2.05, 4.69) is 9.72 Å². The number of nitrogens with zero attached hydrogens (tertiary/aromatic N) is 3. The van der Waals surface area contributed by atoms with Gasteiger partial charge in [-0.05, 0) is 33.6 Å². The van der Waals surface area contributed by atoms with E-state index in [1.165, 1.54) is 0 Å². The summed E-state index contributed by atoms with van der Waals surface area (Å²) >= 11 is 1.54. The fraction of sp³-hybridized carbons (Fsp3) is 0.250. The van der Waals surface area contributed by atoms with Gasteiger partial charge < -0.3 is 14.9 Å². The van der Waals surface area contributed by atoms with Gasteiger partial charge >= 0.3 is 18.1 Å². The Balaban J connectivity index is 3.31. The normalized spacial score (nSPS) is 10.8. The van der Waals surface area contributed by atoms with Crippen LogP contribution in [-0.4, -0.2) is 16.3 Å². The number of rotatable bonds is 3. The van der Waals surface area contributed by atoms with Gasteiger partial charge in [0.25, 0.3) is 0 Å². The molecule has 0 amide bonds. The van der Waals surface area contributed by atoms with Crippen molar-refractivity contribution in [3.05, 3.63) is 25.3 Å². The molecule has 0 aliphatic heterocycles. The first-order chi connectivity index (χ1) is 8.24. The maximum atomic E-state index is 12.1. The zero-order valence-corrected chi connectivity index (χ0v) is 10.5. The zero-order valence-electron chi connectivity index (χ0n) is 8.36. The Morgan fingerprint density at radius 1 is 1.61 bits per heavy atom. The molecule has 0 N–H and O–H groups in total. The molecular weight excluding hydrogens is 370 g/mol. The highest BCUT2D eigenvalue weighted by Gasteiger charge is 2.36. The van der Waals surface area contributed by atoms with E-state index in [9.17, 15) is 23.3 Å². The fourth-order valence-corrected chi connectivity index (χ4v) is 1.73. The van der Waals surface area contributed by atoms with E-state index in [1.54, 1.807) is 28.7 Å². The molecule has 0 fully saturated rings. The average Bonchev–Trinajstić information content (AvgIpc) is 2.19. The number of hydrogen-bond donors (Lipinski definition) is 0. The lowest BCUT2D eigenvalue weighted by atomic mass is 10.2. The molecule has 0 aliphatic carbocycles. The molecule has 0 bridgehead atoms. The first-order valence-corrected chi connectivity index (χ1v) is 5.29. The molecule has 1 rings (SSSR count). The fourth-order valence-electron chi connectivity index (χ4n) is 1.04. The van der Waals surface area contributed by atoms with Gasteiger partial charge in [-0.15, -0.1) is 13.2 Å². The maximum absolute atomic E-state index is 12.1. The maximum Gasteiger partial charge on any atom is 0.575 e. The Hall–Kier alpha value is -1.64. The van der Waals surface area contributed by atoms with E-state index in [-0.39, 0.29) is 9.13 Å². The Morgan fingerprint density at radius 3 is 2.67 bits per heavy atom. The van der Waals surface area contributed by atoms with Crippen LogP contribution >= 0.6 is 22.6 Å². The number of alkyl halides is 3. The summed E-state index contributed by atoms with van der Waals surface area (Å²) in [5, 5.41) is 19.0. The molecule has 0 aliphatic rings. The number of ether oxygens (including phenoxy) is 1. The molecule has 6 nitrogen and oxygen atoms in total. The minimum absolute atomic E-state index is 0.0253. The van der Waals surface area contributed by atoms with E-state index in [0.29, 0.717) is 0 Å². The molecule has 0 spiro atoms. The number of aromatic nitrogens is 1. The van der Waals surface area contributed by atoms with Crippen molar-refractivity contribution in [3.63, 3.8) is 0 Å². The van der Waals surface area contributed by atoms with Crippen LogP contribution < -0.4 is 4.74 Å². The molecule has 0 saturated carbocycles. The quantitative estimate of drug-likeness (QED) is 0.462. The van der Waals surface area contributed by atoms with Crippen molar-refractivity contribution >= 4 is 28.4 Å². The summed E-state index contributed by atoms with van der Waals surface area (Å²) in [5.74, 6) is -1.73. The molecule has 0 atom stereocenters. The molecule has 96 valence electrons. The van der Waals surface area contributed by atoms with E-state index < -0.39 is 29.4 Å². The summed E-state index contributed by atoms with van der Waals surface area (Å²) in [7, 11) is 0. The molecule has 0 aromatic carbocycles. The number of nitriles is 1. The van der Waals surface area contributed by atoms with Crippen LogP contribution in [0, 0.1) is 25.0 Å². The second-order valence-electron chi connectivity index (χ2n) is 2.90. The third kappa shape index (κ3) is 3.69. The van der Waals surface area contributed by atoms with Crippen LogP contribution in [0.4, 0.5) is 19.0 Å². The van der Waals surface area contributed by atoms with Gasteiger partial charge in [-0.1, -0.05) is 0 Å². The van der Waals surface area contributed by atoms with Crippen molar-refractivity contribution < 1.29 is 22.8 Å². The smallest absolute Gasteiger partial charge is 0.366 e. The van der Waals surface area contributed by atoms with E-state index in [1.807, 2.05) is 0 Å². The van der Waals surface area contributed by atoms with Crippen LogP contribution in [0.1, 0.15) is 5.56 Å². The molecule has 10 heteroatoms. The van der Waals surface area contributed by atoms with Gasteiger partial charge in [-0.2, -0.15) is 5.26 Å². The molecule has 0 unspecified atom stereocenters. The van der Waals surface area contributed by atoms with E-state index in [4.69, 9.17) is 5.26 Å². The molecule has 1 heterocycles. The van der Waals surface area contributed by atoms with Crippen LogP contribution in [0.15, 0.2) is 6.07 Å². The zero-order chi connectivity index (χ0) is 13.9. The number of halogens is 4. The number of nitro groups is 1. The van der Waals surface area contributed by atoms with Crippen molar-refractivity contribution in [1.29, 1.82) is 5.26 Å². The van der Waals surface area contributed by atoms with Gasteiger partial charge in [-0.3, -0.25) is 0 Å². The third-order valence-corrected chi connectivity index (χ3v) is 2.45. The summed E-state index contributed by atoms with van der Waals surface area (Å²) in [4.78, 5) is 12.8. The summed E-state index contributed by atoms with van der Waals surface area (Å²) in [6, 6.07) is 2.69. The first kappa shape index (κ1) is 14.4. The minimum atomic E-state index is -5.03. The SMILES string of the molecule is N#CCc1cc(I)c([N+](=O)[O-])nc1OC(F)(F)F. The highest BCUT2D eigenvalue weighted by molar-refractivity contribution is 14.1. The van der Waals surface area contributed by atoms with Gasteiger partial charge in [0, 0.05) is 4.98 Å². The number of hydrogen-bond acceptors (Lipinski definition) is 5. The minimum Gasteiger partial charge on any atom is -0.366 e. The average molecular weight is 373 g/mol. The van der Waals surface area contributed by atoms with Crippen molar-refractivity contribution in [1.82, 2.24) is 4.98 Å². The predicted octanol–water partition coefficient (Wildman–Crippen LogP) is 2.56. The van der Waals surface area contributed by atoms with Crippen molar-refractivity contribution in [2.75, 3.05) is 0 Å². The summed E-state index contributed by atoms with van der Waals surface area (Å²) in [6.07, 6.45) is -5.43. The number of pyridine rings is 1. The molecule has 0 saturated heterocycles. The topological polar surface area (TPSA) is 89.0 Å². The molecule has 0 radical (unpaired) electrons. The second-order valence-corrected chi connectivity index (χ2v) is 4.06. The van der Waals surface area contributed by atoms with Gasteiger partial charge in [0.05, 0.1) is 18.1 Å². The lowest BCUT2D eigenvalue weighted by Gasteiger charge is -2.08. The largest absolute Gasteiger partial charge is 0.575 e. The van der Waals surface area contributed by atoms with Crippen LogP contribution in [0.3, 0.4) is 0 Å².